The van der Waals surface area contributed by atoms with Crippen LogP contribution in [-0.4, -0.2) is 33.4 Å². The number of para-hydroxylation sites is 4. The van der Waals surface area contributed by atoms with Gasteiger partial charge in [0.25, 0.3) is 5.91 Å². The standard InChI is InChI=1S/C20H16N6O3S/c21-19(26-20-23-11-5-1-2-6-12(11)24-20)25-17(27)13-10-30-18(22-13)16-9-28-14-7-3-4-8-15(14)29-16/h1-8,10,16H,9H2,(H4,21,23,24,25,26,27). The van der Waals surface area contributed by atoms with Crippen molar-refractivity contribution in [3.8, 4) is 11.5 Å². The number of nitrogens with zero attached hydrogens (tertiary/aromatic N) is 3. The third-order valence-electron chi connectivity index (χ3n) is 4.38. The van der Waals surface area contributed by atoms with Crippen molar-refractivity contribution >= 4 is 40.2 Å². The smallest absolute Gasteiger partial charge is 0.277 e. The van der Waals surface area contributed by atoms with E-state index in [4.69, 9.17) is 15.2 Å². The number of hydrogen-bond acceptors (Lipinski definition) is 7. The van der Waals surface area contributed by atoms with Crippen LogP contribution in [0.4, 0.5) is 5.95 Å². The second-order valence-electron chi connectivity index (χ2n) is 6.46. The number of aromatic amines is 1. The zero-order valence-corrected chi connectivity index (χ0v) is 16.3. The number of thiazole rings is 1. The average molecular weight is 420 g/mol. The van der Waals surface area contributed by atoms with Gasteiger partial charge in [-0.2, -0.15) is 4.99 Å². The topological polar surface area (TPSA) is 128 Å². The summed E-state index contributed by atoms with van der Waals surface area (Å²) in [6, 6.07) is 14.9. The predicted octanol–water partition coefficient (Wildman–Crippen LogP) is 2.91. The number of amides is 1. The molecule has 2 aromatic heterocycles. The molecule has 1 amide bonds. The molecule has 10 heteroatoms. The fourth-order valence-corrected chi connectivity index (χ4v) is 3.81. The molecule has 30 heavy (non-hydrogen) atoms. The Labute approximate surface area is 174 Å². The molecule has 1 aliphatic rings. The summed E-state index contributed by atoms with van der Waals surface area (Å²) < 4.78 is 11.6. The minimum atomic E-state index is -0.466. The van der Waals surface area contributed by atoms with Gasteiger partial charge in [-0.05, 0) is 24.3 Å². The van der Waals surface area contributed by atoms with E-state index in [0.717, 1.165) is 11.0 Å². The molecule has 5 rings (SSSR count). The number of fused-ring (bicyclic) bond motifs is 2. The van der Waals surface area contributed by atoms with Crippen LogP contribution < -0.4 is 20.5 Å². The lowest BCUT2D eigenvalue weighted by Crippen LogP contribution is -2.36. The van der Waals surface area contributed by atoms with E-state index in [1.54, 1.807) is 5.38 Å². The molecule has 3 heterocycles. The van der Waals surface area contributed by atoms with Crippen LogP contribution in [0, 0.1) is 0 Å². The van der Waals surface area contributed by atoms with Gasteiger partial charge in [0.05, 0.1) is 11.0 Å². The Morgan fingerprint density at radius 1 is 1.17 bits per heavy atom. The highest BCUT2D eigenvalue weighted by Crippen LogP contribution is 2.36. The highest BCUT2D eigenvalue weighted by atomic mass is 32.1. The molecule has 0 fully saturated rings. The average Bonchev–Trinajstić information content (AvgIpc) is 3.40. The number of benzene rings is 2. The van der Waals surface area contributed by atoms with Crippen LogP contribution in [0.1, 0.15) is 21.6 Å². The summed E-state index contributed by atoms with van der Waals surface area (Å²) in [7, 11) is 0. The van der Waals surface area contributed by atoms with Crippen molar-refractivity contribution in [2.45, 2.75) is 6.10 Å². The molecule has 1 atom stereocenters. The van der Waals surface area contributed by atoms with E-state index in [2.05, 4.69) is 25.3 Å². The van der Waals surface area contributed by atoms with Gasteiger partial charge in [0.1, 0.15) is 17.3 Å². The van der Waals surface area contributed by atoms with Crippen molar-refractivity contribution in [1.82, 2.24) is 20.3 Å². The Morgan fingerprint density at radius 3 is 2.83 bits per heavy atom. The number of nitrogens with two attached hydrogens (primary N) is 1. The third kappa shape index (κ3) is 3.55. The number of rotatable bonds is 3. The fraction of sp³-hybridized carbons (Fsp3) is 0.100. The summed E-state index contributed by atoms with van der Waals surface area (Å²) in [5.74, 6) is 1.10. The van der Waals surface area contributed by atoms with Crippen LogP contribution in [0.2, 0.25) is 0 Å². The first-order valence-corrected chi connectivity index (χ1v) is 9.98. The van der Waals surface area contributed by atoms with Crippen LogP contribution in [0.5, 0.6) is 11.5 Å². The molecule has 0 spiro atoms. The summed E-state index contributed by atoms with van der Waals surface area (Å²) in [6.07, 6.45) is -0.381. The van der Waals surface area contributed by atoms with Crippen LogP contribution in [0.3, 0.4) is 0 Å². The van der Waals surface area contributed by atoms with Crippen molar-refractivity contribution in [3.63, 3.8) is 0 Å². The molecule has 0 aliphatic carbocycles. The SMILES string of the molecule is N/C(=N\c1nc2ccccc2[nH]1)NC(=O)c1csc(C2COc3ccccc3O2)n1. The molecule has 0 bridgehead atoms. The highest BCUT2D eigenvalue weighted by molar-refractivity contribution is 7.09. The van der Waals surface area contributed by atoms with E-state index in [-0.39, 0.29) is 17.8 Å². The molecule has 0 saturated carbocycles. The second kappa shape index (κ2) is 7.48. The minimum Gasteiger partial charge on any atom is -0.485 e. The van der Waals surface area contributed by atoms with Gasteiger partial charge < -0.3 is 20.2 Å². The first-order valence-electron chi connectivity index (χ1n) is 9.10. The second-order valence-corrected chi connectivity index (χ2v) is 7.35. The Morgan fingerprint density at radius 2 is 1.97 bits per heavy atom. The molecule has 4 N–H and O–H groups in total. The lowest BCUT2D eigenvalue weighted by molar-refractivity contribution is 0.0902. The number of carbonyl (C=O) groups is 1. The Bertz CT molecular complexity index is 1230. The van der Waals surface area contributed by atoms with Crippen LogP contribution in [-0.2, 0) is 0 Å². The molecule has 0 saturated heterocycles. The molecule has 1 aliphatic heterocycles. The van der Waals surface area contributed by atoms with E-state index in [1.807, 2.05) is 48.5 Å². The molecular formula is C20H16N6O3S. The van der Waals surface area contributed by atoms with Gasteiger partial charge in [0.2, 0.25) is 11.9 Å². The number of ether oxygens (including phenoxy) is 2. The van der Waals surface area contributed by atoms with Crippen molar-refractivity contribution < 1.29 is 14.3 Å². The van der Waals surface area contributed by atoms with Crippen molar-refractivity contribution in [3.05, 3.63) is 64.6 Å². The van der Waals surface area contributed by atoms with Crippen LogP contribution in [0.15, 0.2) is 58.9 Å². The Balaban J connectivity index is 1.27. The normalized spacial score (nSPS) is 15.9. The monoisotopic (exact) mass is 420 g/mol. The maximum atomic E-state index is 12.5. The number of H-pyrrole nitrogens is 1. The molecule has 2 aromatic carbocycles. The van der Waals surface area contributed by atoms with Gasteiger partial charge in [-0.15, -0.1) is 11.3 Å². The zero-order valence-electron chi connectivity index (χ0n) is 15.5. The van der Waals surface area contributed by atoms with Gasteiger partial charge >= 0.3 is 0 Å². The van der Waals surface area contributed by atoms with Gasteiger partial charge in [-0.3, -0.25) is 10.1 Å². The summed E-state index contributed by atoms with van der Waals surface area (Å²) in [4.78, 5) is 28.3. The molecule has 150 valence electrons. The quantitative estimate of drug-likeness (QED) is 0.345. The van der Waals surface area contributed by atoms with Gasteiger partial charge in [-0.25, -0.2) is 9.97 Å². The van der Waals surface area contributed by atoms with E-state index < -0.39 is 5.91 Å². The summed E-state index contributed by atoms with van der Waals surface area (Å²) >= 11 is 1.32. The number of aliphatic imine (C=N–C) groups is 1. The van der Waals surface area contributed by atoms with E-state index in [1.165, 1.54) is 11.3 Å². The summed E-state index contributed by atoms with van der Waals surface area (Å²) in [5.41, 5.74) is 7.67. The third-order valence-corrected chi connectivity index (χ3v) is 5.32. The lowest BCUT2D eigenvalue weighted by atomic mass is 10.2. The van der Waals surface area contributed by atoms with Crippen molar-refractivity contribution in [2.75, 3.05) is 6.61 Å². The summed E-state index contributed by atoms with van der Waals surface area (Å²) in [5, 5.41) is 4.80. The fourth-order valence-electron chi connectivity index (χ4n) is 3.00. The van der Waals surface area contributed by atoms with Crippen molar-refractivity contribution in [2.24, 2.45) is 10.7 Å². The van der Waals surface area contributed by atoms with Gasteiger partial charge in [0.15, 0.2) is 17.6 Å². The van der Waals surface area contributed by atoms with Gasteiger partial charge in [0, 0.05) is 5.38 Å². The number of aromatic nitrogens is 3. The van der Waals surface area contributed by atoms with E-state index in [0.29, 0.717) is 29.1 Å². The number of hydrogen-bond donors (Lipinski definition) is 3. The maximum absolute atomic E-state index is 12.5. The largest absolute Gasteiger partial charge is 0.485 e. The lowest BCUT2D eigenvalue weighted by Gasteiger charge is -2.24. The first-order chi connectivity index (χ1) is 14.7. The van der Waals surface area contributed by atoms with Gasteiger partial charge in [-0.1, -0.05) is 24.3 Å². The summed E-state index contributed by atoms with van der Waals surface area (Å²) in [6.45, 7) is 0.321. The molecule has 0 radical (unpaired) electrons. The molecule has 9 nitrogen and oxygen atoms in total. The minimum absolute atomic E-state index is 0.0835. The zero-order chi connectivity index (χ0) is 20.5. The molecule has 4 aromatic rings. The number of imidazole rings is 1. The molecule has 1 unspecified atom stereocenters. The maximum Gasteiger partial charge on any atom is 0.277 e. The van der Waals surface area contributed by atoms with E-state index in [9.17, 15) is 4.79 Å². The van der Waals surface area contributed by atoms with Crippen LogP contribution in [0.25, 0.3) is 11.0 Å². The molecular weight excluding hydrogens is 404 g/mol. The van der Waals surface area contributed by atoms with E-state index >= 15 is 0 Å². The number of guanidine groups is 1. The number of carbonyl (C=O) groups excluding carboxylic acids is 1. The Hall–Kier alpha value is -3.92. The highest BCUT2D eigenvalue weighted by Gasteiger charge is 2.26. The number of nitrogens with one attached hydrogen (secondary N) is 2. The first kappa shape index (κ1) is 18.1. The van der Waals surface area contributed by atoms with Crippen molar-refractivity contribution in [1.29, 1.82) is 0 Å². The van der Waals surface area contributed by atoms with Crippen LogP contribution >= 0.6 is 11.3 Å². The predicted molar refractivity (Wildman–Crippen MR) is 112 cm³/mol. The Kier molecular flexibility index (Phi) is 4.52.